The Hall–Kier alpha value is -1.09. The fourth-order valence-corrected chi connectivity index (χ4v) is 2.88. The zero-order chi connectivity index (χ0) is 13.0. The fraction of sp³-hybridized carbons (Fsp3) is 0.667. The van der Waals surface area contributed by atoms with Crippen LogP contribution in [-0.4, -0.2) is 28.5 Å². The molecule has 0 aliphatic carbocycles. The molecule has 0 spiro atoms. The van der Waals surface area contributed by atoms with Crippen molar-refractivity contribution in [2.24, 2.45) is 0 Å². The molecule has 1 aliphatic heterocycles. The van der Waals surface area contributed by atoms with Gasteiger partial charge in [0.1, 0.15) is 5.82 Å². The molecule has 1 saturated heterocycles. The number of aromatic nitrogens is 1. The third kappa shape index (κ3) is 3.02. The van der Waals surface area contributed by atoms with E-state index in [4.69, 9.17) is 0 Å². The quantitative estimate of drug-likeness (QED) is 0.865. The lowest BCUT2D eigenvalue weighted by atomic mass is 10.1. The lowest BCUT2D eigenvalue weighted by molar-refractivity contribution is 0.187. The number of nitrogens with one attached hydrogen (secondary N) is 1. The van der Waals surface area contributed by atoms with Gasteiger partial charge in [-0.15, -0.1) is 0 Å². The summed E-state index contributed by atoms with van der Waals surface area (Å²) in [6.45, 7) is 8.64. The van der Waals surface area contributed by atoms with Crippen molar-refractivity contribution in [3.8, 4) is 0 Å². The first-order valence-electron chi connectivity index (χ1n) is 7.20. The molecule has 2 heterocycles. The summed E-state index contributed by atoms with van der Waals surface area (Å²) in [5.41, 5.74) is 1.18. The molecule has 18 heavy (non-hydrogen) atoms. The molecule has 1 fully saturated rings. The van der Waals surface area contributed by atoms with Crippen molar-refractivity contribution in [1.29, 1.82) is 0 Å². The Morgan fingerprint density at radius 3 is 2.89 bits per heavy atom. The summed E-state index contributed by atoms with van der Waals surface area (Å²) in [5, 5.41) is 3.28. The van der Waals surface area contributed by atoms with Gasteiger partial charge in [-0.25, -0.2) is 4.98 Å². The number of anilines is 1. The van der Waals surface area contributed by atoms with E-state index in [1.165, 1.54) is 25.0 Å². The van der Waals surface area contributed by atoms with Gasteiger partial charge in [-0.1, -0.05) is 13.0 Å². The van der Waals surface area contributed by atoms with Gasteiger partial charge >= 0.3 is 0 Å². The van der Waals surface area contributed by atoms with Crippen molar-refractivity contribution in [3.63, 3.8) is 0 Å². The monoisotopic (exact) mass is 247 g/mol. The predicted molar refractivity (Wildman–Crippen MR) is 76.7 cm³/mol. The number of likely N-dealkylation sites (tertiary alicyclic amines) is 1. The molecule has 0 radical (unpaired) electrons. The summed E-state index contributed by atoms with van der Waals surface area (Å²) in [7, 11) is 0. The van der Waals surface area contributed by atoms with Crippen LogP contribution in [0.25, 0.3) is 0 Å². The van der Waals surface area contributed by atoms with Crippen LogP contribution >= 0.6 is 0 Å². The van der Waals surface area contributed by atoms with E-state index in [9.17, 15) is 0 Å². The highest BCUT2D eigenvalue weighted by Gasteiger charge is 2.29. The maximum Gasteiger partial charge on any atom is 0.126 e. The summed E-state index contributed by atoms with van der Waals surface area (Å²) in [6.07, 6.45) is 3.91. The van der Waals surface area contributed by atoms with Gasteiger partial charge in [-0.05, 0) is 45.2 Å². The van der Waals surface area contributed by atoms with Gasteiger partial charge in [-0.2, -0.15) is 0 Å². The molecule has 0 amide bonds. The molecule has 2 atom stereocenters. The van der Waals surface area contributed by atoms with Crippen LogP contribution < -0.4 is 5.32 Å². The minimum absolute atomic E-state index is 0.694. The van der Waals surface area contributed by atoms with Gasteiger partial charge in [0.25, 0.3) is 0 Å². The van der Waals surface area contributed by atoms with Crippen LogP contribution in [0.1, 0.15) is 45.7 Å². The minimum atomic E-state index is 0.694. The molecule has 3 nitrogen and oxygen atoms in total. The molecule has 1 aromatic rings. The van der Waals surface area contributed by atoms with E-state index in [-0.39, 0.29) is 0 Å². The second-order valence-corrected chi connectivity index (χ2v) is 5.21. The van der Waals surface area contributed by atoms with E-state index >= 15 is 0 Å². The molecule has 1 aromatic heterocycles. The summed E-state index contributed by atoms with van der Waals surface area (Å²) in [5.74, 6) is 0.995. The second-order valence-electron chi connectivity index (χ2n) is 5.21. The Bertz CT molecular complexity index is 378. The number of hydrogen-bond donors (Lipinski definition) is 1. The Morgan fingerprint density at radius 2 is 2.17 bits per heavy atom. The first-order valence-corrected chi connectivity index (χ1v) is 7.20. The average Bonchev–Trinajstić information content (AvgIpc) is 2.72. The van der Waals surface area contributed by atoms with Crippen molar-refractivity contribution >= 4 is 5.82 Å². The van der Waals surface area contributed by atoms with Crippen LogP contribution in [0.3, 0.4) is 0 Å². The number of hydrogen-bond acceptors (Lipinski definition) is 3. The summed E-state index contributed by atoms with van der Waals surface area (Å²) in [4.78, 5) is 7.29. The van der Waals surface area contributed by atoms with E-state index in [0.717, 1.165) is 24.9 Å². The maximum atomic E-state index is 4.68. The van der Waals surface area contributed by atoms with Crippen LogP contribution in [-0.2, 0) is 6.54 Å². The van der Waals surface area contributed by atoms with E-state index < -0.39 is 0 Å². The van der Waals surface area contributed by atoms with Gasteiger partial charge in [0, 0.05) is 25.2 Å². The highest BCUT2D eigenvalue weighted by Crippen LogP contribution is 2.27. The largest absolute Gasteiger partial charge is 0.370 e. The first kappa shape index (κ1) is 13.3. The van der Waals surface area contributed by atoms with Crippen LogP contribution in [0.4, 0.5) is 5.82 Å². The molecular weight excluding hydrogens is 222 g/mol. The number of rotatable bonds is 5. The van der Waals surface area contributed by atoms with Gasteiger partial charge < -0.3 is 5.32 Å². The lowest BCUT2D eigenvalue weighted by Crippen LogP contribution is -2.33. The molecule has 1 aliphatic rings. The lowest BCUT2D eigenvalue weighted by Gasteiger charge is -2.27. The Kier molecular flexibility index (Phi) is 4.59. The van der Waals surface area contributed by atoms with Crippen molar-refractivity contribution in [1.82, 2.24) is 9.88 Å². The van der Waals surface area contributed by atoms with Crippen LogP contribution in [0, 0.1) is 0 Å². The molecule has 1 N–H and O–H groups in total. The predicted octanol–water partition coefficient (Wildman–Crippen LogP) is 3.28. The second kappa shape index (κ2) is 6.19. The number of nitrogens with zero attached hydrogens (tertiary/aromatic N) is 2. The van der Waals surface area contributed by atoms with Crippen molar-refractivity contribution < 1.29 is 0 Å². The van der Waals surface area contributed by atoms with Crippen LogP contribution in [0.15, 0.2) is 18.2 Å². The Morgan fingerprint density at radius 1 is 1.33 bits per heavy atom. The summed E-state index contributed by atoms with van der Waals surface area (Å²) in [6, 6.07) is 7.71. The Balaban J connectivity index is 2.05. The minimum Gasteiger partial charge on any atom is -0.370 e. The Labute approximate surface area is 111 Å². The average molecular weight is 247 g/mol. The molecule has 0 bridgehead atoms. The fourth-order valence-electron chi connectivity index (χ4n) is 2.88. The highest BCUT2D eigenvalue weighted by molar-refractivity contribution is 5.35. The molecule has 3 heteroatoms. The molecule has 2 unspecified atom stereocenters. The maximum absolute atomic E-state index is 4.68. The van der Waals surface area contributed by atoms with Gasteiger partial charge in [0.05, 0.1) is 5.69 Å². The third-order valence-corrected chi connectivity index (χ3v) is 3.93. The van der Waals surface area contributed by atoms with Crippen molar-refractivity contribution in [2.45, 2.75) is 58.7 Å². The van der Waals surface area contributed by atoms with Crippen molar-refractivity contribution in [2.75, 3.05) is 11.9 Å². The van der Waals surface area contributed by atoms with Gasteiger partial charge in [0.2, 0.25) is 0 Å². The number of pyridine rings is 1. The molecule has 2 rings (SSSR count). The molecular formula is C15H25N3. The van der Waals surface area contributed by atoms with Crippen LogP contribution in [0.2, 0.25) is 0 Å². The molecule has 0 saturated carbocycles. The summed E-state index contributed by atoms with van der Waals surface area (Å²) < 4.78 is 0. The SMILES string of the molecule is CCNc1cccc(CN2C(C)CCC2CC)n1. The topological polar surface area (TPSA) is 28.2 Å². The molecule has 100 valence electrons. The first-order chi connectivity index (χ1) is 8.74. The third-order valence-electron chi connectivity index (χ3n) is 3.93. The smallest absolute Gasteiger partial charge is 0.126 e. The van der Waals surface area contributed by atoms with Crippen molar-refractivity contribution in [3.05, 3.63) is 23.9 Å². The van der Waals surface area contributed by atoms with E-state index in [1.54, 1.807) is 0 Å². The normalized spacial score (nSPS) is 24.4. The van der Waals surface area contributed by atoms with E-state index in [0.29, 0.717) is 6.04 Å². The van der Waals surface area contributed by atoms with Crippen LogP contribution in [0.5, 0.6) is 0 Å². The van der Waals surface area contributed by atoms with E-state index in [2.05, 4.69) is 48.1 Å². The highest BCUT2D eigenvalue weighted by atomic mass is 15.2. The standard InChI is InChI=1S/C15H25N3/c1-4-14-10-9-12(3)18(14)11-13-7-6-8-15(17-13)16-5-2/h6-8,12,14H,4-5,9-11H2,1-3H3,(H,16,17). The van der Waals surface area contributed by atoms with Gasteiger partial charge in [-0.3, -0.25) is 4.90 Å². The zero-order valence-corrected chi connectivity index (χ0v) is 11.8. The summed E-state index contributed by atoms with van der Waals surface area (Å²) >= 11 is 0. The molecule has 0 aromatic carbocycles. The zero-order valence-electron chi connectivity index (χ0n) is 11.8. The van der Waals surface area contributed by atoms with E-state index in [1.807, 2.05) is 6.07 Å². The van der Waals surface area contributed by atoms with Gasteiger partial charge in [0.15, 0.2) is 0 Å².